The number of hydrogen-bond acceptors (Lipinski definition) is 4. The molecule has 2 rings (SSSR count). The van der Waals surface area contributed by atoms with Gasteiger partial charge in [0.15, 0.2) is 11.5 Å². The van der Waals surface area contributed by atoms with E-state index in [4.69, 9.17) is 15.2 Å². The van der Waals surface area contributed by atoms with Crippen LogP contribution in [0.4, 0.5) is 4.79 Å². The van der Waals surface area contributed by atoms with Gasteiger partial charge < -0.3 is 25.8 Å². The standard InChI is InChI=1S/C13H19N3O3/c14-13(17)16-6-5-15-9-10-3-1-4-11-12(10)19-8-2-7-18-11/h1,3-4,15H,2,5-9H2,(H3,14,16,17). The van der Waals surface area contributed by atoms with Gasteiger partial charge in [-0.05, 0) is 6.07 Å². The fourth-order valence-corrected chi connectivity index (χ4v) is 1.89. The van der Waals surface area contributed by atoms with Crippen LogP contribution in [0.25, 0.3) is 0 Å². The van der Waals surface area contributed by atoms with Gasteiger partial charge in [0, 0.05) is 31.6 Å². The minimum absolute atomic E-state index is 0.502. The van der Waals surface area contributed by atoms with Crippen LogP contribution in [0.3, 0.4) is 0 Å². The molecular formula is C13H19N3O3. The van der Waals surface area contributed by atoms with Crippen molar-refractivity contribution in [3.8, 4) is 11.5 Å². The number of para-hydroxylation sites is 1. The number of nitrogens with two attached hydrogens (primary N) is 1. The summed E-state index contributed by atoms with van der Waals surface area (Å²) in [5, 5.41) is 5.75. The number of rotatable bonds is 5. The molecule has 0 aliphatic carbocycles. The molecule has 6 nitrogen and oxygen atoms in total. The first kappa shape index (κ1) is 13.5. The highest BCUT2D eigenvalue weighted by molar-refractivity contribution is 5.71. The number of primary amides is 1. The second-order valence-corrected chi connectivity index (χ2v) is 4.26. The summed E-state index contributed by atoms with van der Waals surface area (Å²) < 4.78 is 11.3. The Kier molecular flexibility index (Phi) is 4.85. The van der Waals surface area contributed by atoms with E-state index in [0.717, 1.165) is 23.5 Å². The Labute approximate surface area is 112 Å². The van der Waals surface area contributed by atoms with E-state index in [-0.39, 0.29) is 0 Å². The predicted molar refractivity (Wildman–Crippen MR) is 71.3 cm³/mol. The van der Waals surface area contributed by atoms with Crippen LogP contribution in [0.5, 0.6) is 11.5 Å². The van der Waals surface area contributed by atoms with Gasteiger partial charge >= 0.3 is 6.03 Å². The zero-order valence-electron chi connectivity index (χ0n) is 10.8. The van der Waals surface area contributed by atoms with Crippen LogP contribution in [0.1, 0.15) is 12.0 Å². The summed E-state index contributed by atoms with van der Waals surface area (Å²) in [5.74, 6) is 1.61. The smallest absolute Gasteiger partial charge is 0.312 e. The van der Waals surface area contributed by atoms with Gasteiger partial charge in [-0.15, -0.1) is 0 Å². The van der Waals surface area contributed by atoms with Crippen LogP contribution >= 0.6 is 0 Å². The molecule has 0 fully saturated rings. The van der Waals surface area contributed by atoms with Gasteiger partial charge in [0.25, 0.3) is 0 Å². The second-order valence-electron chi connectivity index (χ2n) is 4.26. The third-order valence-corrected chi connectivity index (χ3v) is 2.77. The molecule has 0 bridgehead atoms. The van der Waals surface area contributed by atoms with Crippen LogP contribution in [0.15, 0.2) is 18.2 Å². The fourth-order valence-electron chi connectivity index (χ4n) is 1.89. The number of fused-ring (bicyclic) bond motifs is 1. The summed E-state index contributed by atoms with van der Waals surface area (Å²) >= 11 is 0. The van der Waals surface area contributed by atoms with E-state index in [1.165, 1.54) is 0 Å². The quantitative estimate of drug-likeness (QED) is 0.681. The molecule has 0 aromatic heterocycles. The average molecular weight is 265 g/mol. The molecule has 4 N–H and O–H groups in total. The van der Waals surface area contributed by atoms with Crippen molar-refractivity contribution in [1.29, 1.82) is 0 Å². The number of ether oxygens (including phenoxy) is 2. The van der Waals surface area contributed by atoms with Gasteiger partial charge in [-0.1, -0.05) is 12.1 Å². The van der Waals surface area contributed by atoms with Crippen LogP contribution in [0.2, 0.25) is 0 Å². The van der Waals surface area contributed by atoms with Crippen molar-refractivity contribution in [2.75, 3.05) is 26.3 Å². The van der Waals surface area contributed by atoms with Crippen LogP contribution < -0.4 is 25.8 Å². The third kappa shape index (κ3) is 4.03. The minimum Gasteiger partial charge on any atom is -0.490 e. The summed E-state index contributed by atoms with van der Waals surface area (Å²) in [4.78, 5) is 10.5. The van der Waals surface area contributed by atoms with E-state index in [0.29, 0.717) is 32.8 Å². The number of urea groups is 1. The van der Waals surface area contributed by atoms with Gasteiger partial charge in [-0.25, -0.2) is 4.79 Å². The fraction of sp³-hybridized carbons (Fsp3) is 0.462. The Morgan fingerprint density at radius 2 is 2.11 bits per heavy atom. The topological polar surface area (TPSA) is 85.6 Å². The van der Waals surface area contributed by atoms with Gasteiger partial charge in [-0.2, -0.15) is 0 Å². The molecule has 19 heavy (non-hydrogen) atoms. The monoisotopic (exact) mass is 265 g/mol. The van der Waals surface area contributed by atoms with E-state index in [1.807, 2.05) is 18.2 Å². The molecule has 0 unspecified atom stereocenters. The molecule has 6 heteroatoms. The number of carbonyl (C=O) groups excluding carboxylic acids is 1. The molecule has 0 saturated carbocycles. The number of nitrogens with one attached hydrogen (secondary N) is 2. The second kappa shape index (κ2) is 6.84. The van der Waals surface area contributed by atoms with Gasteiger partial charge in [0.1, 0.15) is 0 Å². The lowest BCUT2D eigenvalue weighted by Gasteiger charge is -2.13. The summed E-state index contributed by atoms with van der Waals surface area (Å²) in [7, 11) is 0. The number of carbonyl (C=O) groups is 1. The molecule has 2 amide bonds. The van der Waals surface area contributed by atoms with Crippen molar-refractivity contribution in [3.05, 3.63) is 23.8 Å². The molecule has 1 aliphatic rings. The van der Waals surface area contributed by atoms with Gasteiger partial charge in [0.2, 0.25) is 0 Å². The van der Waals surface area contributed by atoms with Crippen molar-refractivity contribution in [2.45, 2.75) is 13.0 Å². The highest BCUT2D eigenvalue weighted by Gasteiger charge is 2.13. The van der Waals surface area contributed by atoms with Gasteiger partial charge in [-0.3, -0.25) is 0 Å². The highest BCUT2D eigenvalue weighted by atomic mass is 16.5. The van der Waals surface area contributed by atoms with Crippen LogP contribution in [0, 0.1) is 0 Å². The lowest BCUT2D eigenvalue weighted by Crippen LogP contribution is -2.35. The van der Waals surface area contributed by atoms with Crippen LogP contribution in [-0.2, 0) is 6.54 Å². The molecule has 1 heterocycles. The average Bonchev–Trinajstić information content (AvgIpc) is 2.63. The first-order valence-electron chi connectivity index (χ1n) is 6.39. The summed E-state index contributed by atoms with van der Waals surface area (Å²) in [6.07, 6.45) is 0.893. The molecule has 0 atom stereocenters. The highest BCUT2D eigenvalue weighted by Crippen LogP contribution is 2.32. The van der Waals surface area contributed by atoms with Crippen molar-refractivity contribution in [2.24, 2.45) is 5.73 Å². The Hall–Kier alpha value is -1.95. The van der Waals surface area contributed by atoms with Crippen molar-refractivity contribution in [3.63, 3.8) is 0 Å². The Morgan fingerprint density at radius 1 is 1.26 bits per heavy atom. The van der Waals surface area contributed by atoms with E-state index >= 15 is 0 Å². The summed E-state index contributed by atoms with van der Waals surface area (Å²) in [6.45, 7) is 3.17. The summed E-state index contributed by atoms with van der Waals surface area (Å²) in [6, 6.07) is 5.36. The normalized spacial score (nSPS) is 13.7. The zero-order valence-corrected chi connectivity index (χ0v) is 10.8. The van der Waals surface area contributed by atoms with Crippen molar-refractivity contribution in [1.82, 2.24) is 10.6 Å². The van der Waals surface area contributed by atoms with E-state index in [1.54, 1.807) is 0 Å². The first-order chi connectivity index (χ1) is 9.27. The SMILES string of the molecule is NC(=O)NCCNCc1cccc2c1OCCCO2. The molecule has 1 aromatic rings. The number of amides is 2. The van der Waals surface area contributed by atoms with E-state index < -0.39 is 6.03 Å². The lowest BCUT2D eigenvalue weighted by atomic mass is 10.2. The molecule has 0 radical (unpaired) electrons. The molecule has 0 spiro atoms. The molecule has 1 aromatic carbocycles. The number of benzene rings is 1. The maximum absolute atomic E-state index is 10.5. The van der Waals surface area contributed by atoms with Crippen molar-refractivity contribution >= 4 is 6.03 Å². The van der Waals surface area contributed by atoms with Gasteiger partial charge in [0.05, 0.1) is 13.2 Å². The maximum Gasteiger partial charge on any atom is 0.312 e. The minimum atomic E-state index is -0.507. The molecule has 0 saturated heterocycles. The first-order valence-corrected chi connectivity index (χ1v) is 6.39. The predicted octanol–water partition coefficient (Wildman–Crippen LogP) is 0.606. The molecular weight excluding hydrogens is 246 g/mol. The third-order valence-electron chi connectivity index (χ3n) is 2.77. The zero-order chi connectivity index (χ0) is 13.5. The summed E-state index contributed by atoms with van der Waals surface area (Å²) in [5.41, 5.74) is 6.03. The molecule has 1 aliphatic heterocycles. The van der Waals surface area contributed by atoms with Crippen molar-refractivity contribution < 1.29 is 14.3 Å². The molecule has 104 valence electrons. The largest absolute Gasteiger partial charge is 0.490 e. The maximum atomic E-state index is 10.5. The Bertz CT molecular complexity index is 437. The van der Waals surface area contributed by atoms with Crippen LogP contribution in [-0.4, -0.2) is 32.3 Å². The van der Waals surface area contributed by atoms with E-state index in [9.17, 15) is 4.79 Å². The van der Waals surface area contributed by atoms with E-state index in [2.05, 4.69) is 10.6 Å². The lowest BCUT2D eigenvalue weighted by molar-refractivity contribution is 0.249. The number of hydrogen-bond donors (Lipinski definition) is 3. The Balaban J connectivity index is 1.88. The Morgan fingerprint density at radius 3 is 2.95 bits per heavy atom.